The Labute approximate surface area is 174 Å². The standard InChI is InChI=1S/C21H24N6O3/c1-21(2,3)30-20(29)25-17(14-7-5-4-6-8-14)19(28)23-13-16-24-18(27-26-16)15-9-11-22-12-10-15/h4-12,17H,13H2,1-3H3,(H,23,28)(H,25,29)(H,24,26,27)/t17-/m1/s1. The van der Waals surface area contributed by atoms with Crippen LogP contribution in [0.2, 0.25) is 0 Å². The molecule has 0 saturated heterocycles. The molecule has 30 heavy (non-hydrogen) atoms. The van der Waals surface area contributed by atoms with Gasteiger partial charge in [0.05, 0.1) is 6.54 Å². The number of pyridine rings is 1. The highest BCUT2D eigenvalue weighted by Crippen LogP contribution is 2.16. The number of ether oxygens (including phenoxy) is 1. The third kappa shape index (κ3) is 5.87. The van der Waals surface area contributed by atoms with Gasteiger partial charge in [-0.15, -0.1) is 0 Å². The van der Waals surface area contributed by atoms with E-state index < -0.39 is 23.6 Å². The molecule has 0 unspecified atom stereocenters. The van der Waals surface area contributed by atoms with Crippen molar-refractivity contribution in [2.45, 2.75) is 39.0 Å². The van der Waals surface area contributed by atoms with Gasteiger partial charge in [-0.2, -0.15) is 5.10 Å². The van der Waals surface area contributed by atoms with Crippen molar-refractivity contribution in [3.05, 3.63) is 66.2 Å². The predicted molar refractivity (Wildman–Crippen MR) is 110 cm³/mol. The van der Waals surface area contributed by atoms with E-state index in [-0.39, 0.29) is 6.54 Å². The summed E-state index contributed by atoms with van der Waals surface area (Å²) in [6.07, 6.45) is 2.63. The van der Waals surface area contributed by atoms with Gasteiger partial charge < -0.3 is 15.4 Å². The molecule has 9 heteroatoms. The smallest absolute Gasteiger partial charge is 0.408 e. The first-order chi connectivity index (χ1) is 14.3. The molecule has 0 spiro atoms. The van der Waals surface area contributed by atoms with Crippen molar-refractivity contribution < 1.29 is 14.3 Å². The lowest BCUT2D eigenvalue weighted by Crippen LogP contribution is -2.42. The van der Waals surface area contributed by atoms with E-state index in [4.69, 9.17) is 4.74 Å². The summed E-state index contributed by atoms with van der Waals surface area (Å²) < 4.78 is 5.29. The third-order valence-corrected chi connectivity index (χ3v) is 3.96. The van der Waals surface area contributed by atoms with Gasteiger partial charge in [0.15, 0.2) is 5.82 Å². The molecule has 0 fully saturated rings. The van der Waals surface area contributed by atoms with Crippen molar-refractivity contribution in [2.75, 3.05) is 0 Å². The fourth-order valence-corrected chi connectivity index (χ4v) is 2.65. The molecule has 2 heterocycles. The fourth-order valence-electron chi connectivity index (χ4n) is 2.65. The molecule has 2 amide bonds. The minimum Gasteiger partial charge on any atom is -0.444 e. The first kappa shape index (κ1) is 21.0. The Hall–Kier alpha value is -3.75. The molecule has 156 valence electrons. The Kier molecular flexibility index (Phi) is 6.41. The summed E-state index contributed by atoms with van der Waals surface area (Å²) in [5.74, 6) is 0.598. The van der Waals surface area contributed by atoms with Crippen LogP contribution in [-0.2, 0) is 16.1 Å². The maximum Gasteiger partial charge on any atom is 0.408 e. The van der Waals surface area contributed by atoms with Crippen molar-refractivity contribution in [3.63, 3.8) is 0 Å². The second kappa shape index (κ2) is 9.17. The number of aromatic amines is 1. The summed E-state index contributed by atoms with van der Waals surface area (Å²) in [5, 5.41) is 12.4. The Morgan fingerprint density at radius 3 is 2.47 bits per heavy atom. The first-order valence-electron chi connectivity index (χ1n) is 9.46. The highest BCUT2D eigenvalue weighted by atomic mass is 16.6. The van der Waals surface area contributed by atoms with Gasteiger partial charge in [-0.05, 0) is 38.5 Å². The molecule has 0 saturated carbocycles. The molecular formula is C21H24N6O3. The van der Waals surface area contributed by atoms with Crippen molar-refractivity contribution in [1.82, 2.24) is 30.8 Å². The molecule has 0 radical (unpaired) electrons. The lowest BCUT2D eigenvalue weighted by Gasteiger charge is -2.23. The van der Waals surface area contributed by atoms with Crippen LogP contribution in [0.1, 0.15) is 38.2 Å². The molecule has 1 aromatic carbocycles. The van der Waals surface area contributed by atoms with Crippen molar-refractivity contribution in [1.29, 1.82) is 0 Å². The Morgan fingerprint density at radius 2 is 1.80 bits per heavy atom. The first-order valence-corrected chi connectivity index (χ1v) is 9.46. The zero-order valence-electron chi connectivity index (χ0n) is 17.0. The van der Waals surface area contributed by atoms with Gasteiger partial charge in [0.2, 0.25) is 5.91 Å². The predicted octanol–water partition coefficient (Wildman–Crippen LogP) is 2.75. The molecule has 3 rings (SSSR count). The summed E-state index contributed by atoms with van der Waals surface area (Å²) >= 11 is 0. The van der Waals surface area contributed by atoms with Crippen molar-refractivity contribution >= 4 is 12.0 Å². The lowest BCUT2D eigenvalue weighted by atomic mass is 10.1. The van der Waals surface area contributed by atoms with E-state index in [1.54, 1.807) is 69.6 Å². The van der Waals surface area contributed by atoms with Gasteiger partial charge in [-0.25, -0.2) is 9.78 Å². The van der Waals surface area contributed by atoms with Gasteiger partial charge >= 0.3 is 6.09 Å². The van der Waals surface area contributed by atoms with Crippen molar-refractivity contribution in [3.8, 4) is 11.4 Å². The van der Waals surface area contributed by atoms with Crippen LogP contribution in [0.3, 0.4) is 0 Å². The van der Waals surface area contributed by atoms with Crippen LogP contribution in [0, 0.1) is 0 Å². The lowest BCUT2D eigenvalue weighted by molar-refractivity contribution is -0.123. The van der Waals surface area contributed by atoms with Crippen molar-refractivity contribution in [2.24, 2.45) is 0 Å². The zero-order valence-corrected chi connectivity index (χ0v) is 17.0. The third-order valence-electron chi connectivity index (χ3n) is 3.96. The van der Waals surface area contributed by atoms with E-state index >= 15 is 0 Å². The van der Waals surface area contributed by atoms with Gasteiger partial charge in [-0.3, -0.25) is 14.9 Å². The summed E-state index contributed by atoms with van der Waals surface area (Å²) in [7, 11) is 0. The molecule has 0 aliphatic heterocycles. The number of H-pyrrole nitrogens is 1. The molecular weight excluding hydrogens is 384 g/mol. The van der Waals surface area contributed by atoms with Gasteiger partial charge in [0.1, 0.15) is 17.5 Å². The minimum atomic E-state index is -0.913. The number of aromatic nitrogens is 4. The molecule has 0 bridgehead atoms. The average Bonchev–Trinajstić information content (AvgIpc) is 3.19. The molecule has 1 atom stereocenters. The number of alkyl carbamates (subject to hydrolysis) is 1. The van der Waals surface area contributed by atoms with E-state index in [0.29, 0.717) is 17.2 Å². The maximum absolute atomic E-state index is 12.8. The largest absolute Gasteiger partial charge is 0.444 e. The Balaban J connectivity index is 1.68. The van der Waals surface area contributed by atoms with Crippen LogP contribution in [0.25, 0.3) is 11.4 Å². The normalized spacial score (nSPS) is 12.1. The number of nitrogens with one attached hydrogen (secondary N) is 3. The van der Waals surface area contributed by atoms with Crippen LogP contribution in [0.4, 0.5) is 4.79 Å². The number of amides is 2. The summed E-state index contributed by atoms with van der Waals surface area (Å²) in [6.45, 7) is 5.40. The molecule has 0 aliphatic rings. The number of rotatable bonds is 6. The molecule has 3 aromatic rings. The number of hydrogen-bond donors (Lipinski definition) is 3. The number of carbonyl (C=O) groups is 2. The van der Waals surface area contributed by atoms with Crippen LogP contribution < -0.4 is 10.6 Å². The molecule has 9 nitrogen and oxygen atoms in total. The number of carbonyl (C=O) groups excluding carboxylic acids is 2. The highest BCUT2D eigenvalue weighted by molar-refractivity contribution is 5.86. The molecule has 0 aliphatic carbocycles. The summed E-state index contributed by atoms with van der Waals surface area (Å²) in [5.41, 5.74) is 0.772. The maximum atomic E-state index is 12.8. The second-order valence-electron chi connectivity index (χ2n) is 7.55. The summed E-state index contributed by atoms with van der Waals surface area (Å²) in [6, 6.07) is 11.6. The number of hydrogen-bond acceptors (Lipinski definition) is 6. The van der Waals surface area contributed by atoms with Gasteiger partial charge in [-0.1, -0.05) is 30.3 Å². The Morgan fingerprint density at radius 1 is 1.10 bits per heavy atom. The Bertz CT molecular complexity index is 983. The molecule has 2 aromatic heterocycles. The minimum absolute atomic E-state index is 0.121. The topological polar surface area (TPSA) is 122 Å². The van der Waals surface area contributed by atoms with Crippen LogP contribution in [0.5, 0.6) is 0 Å². The fraction of sp³-hybridized carbons (Fsp3) is 0.286. The monoisotopic (exact) mass is 408 g/mol. The zero-order chi connectivity index (χ0) is 21.6. The van der Waals surface area contributed by atoms with E-state index in [9.17, 15) is 9.59 Å². The SMILES string of the molecule is CC(C)(C)OC(=O)N[C@@H](C(=O)NCc1nc(-c2ccncc2)n[nH]1)c1ccccc1. The average molecular weight is 408 g/mol. The van der Waals surface area contributed by atoms with E-state index in [0.717, 1.165) is 5.56 Å². The van der Waals surface area contributed by atoms with Gasteiger partial charge in [0, 0.05) is 18.0 Å². The van der Waals surface area contributed by atoms with Crippen LogP contribution in [0.15, 0.2) is 54.9 Å². The molecule has 3 N–H and O–H groups in total. The summed E-state index contributed by atoms with van der Waals surface area (Å²) in [4.78, 5) is 33.4. The van der Waals surface area contributed by atoms with E-state index in [1.807, 2.05) is 6.07 Å². The van der Waals surface area contributed by atoms with Gasteiger partial charge in [0.25, 0.3) is 0 Å². The second-order valence-corrected chi connectivity index (χ2v) is 7.55. The van der Waals surface area contributed by atoms with Crippen LogP contribution in [-0.4, -0.2) is 37.8 Å². The quantitative estimate of drug-likeness (QED) is 0.576. The van der Waals surface area contributed by atoms with E-state index in [2.05, 4.69) is 30.8 Å². The number of benzene rings is 1. The van der Waals surface area contributed by atoms with Crippen LogP contribution >= 0.6 is 0 Å². The number of nitrogens with zero attached hydrogens (tertiary/aromatic N) is 3. The highest BCUT2D eigenvalue weighted by Gasteiger charge is 2.25. The van der Waals surface area contributed by atoms with E-state index in [1.165, 1.54) is 0 Å².